The standard InChI is InChI=1S/C11H16BrNO2S/c1-8(2)13(5-3-6-14)11(15)10-9(12)4-7-16-10/h4,7-8,14H,3,5-6H2,1-2H3. The molecule has 0 fully saturated rings. The highest BCUT2D eigenvalue weighted by Crippen LogP contribution is 2.24. The van der Waals surface area contributed by atoms with Gasteiger partial charge in [-0.15, -0.1) is 11.3 Å². The molecule has 0 atom stereocenters. The quantitative estimate of drug-likeness (QED) is 0.908. The summed E-state index contributed by atoms with van der Waals surface area (Å²) in [4.78, 5) is 14.7. The average Bonchev–Trinajstić information content (AvgIpc) is 2.64. The van der Waals surface area contributed by atoms with Gasteiger partial charge in [0, 0.05) is 23.7 Å². The molecule has 0 aliphatic heterocycles. The molecule has 90 valence electrons. The Morgan fingerprint density at radius 3 is 2.75 bits per heavy atom. The highest BCUT2D eigenvalue weighted by Gasteiger charge is 2.21. The Hall–Kier alpha value is -0.390. The van der Waals surface area contributed by atoms with E-state index in [9.17, 15) is 4.79 Å². The van der Waals surface area contributed by atoms with E-state index in [2.05, 4.69) is 15.9 Å². The van der Waals surface area contributed by atoms with Crippen LogP contribution in [-0.4, -0.2) is 35.1 Å². The van der Waals surface area contributed by atoms with E-state index in [0.29, 0.717) is 13.0 Å². The maximum atomic E-state index is 12.2. The van der Waals surface area contributed by atoms with Crippen molar-refractivity contribution in [3.63, 3.8) is 0 Å². The predicted molar refractivity (Wildman–Crippen MR) is 69.9 cm³/mol. The number of carbonyl (C=O) groups is 1. The van der Waals surface area contributed by atoms with Crippen molar-refractivity contribution in [2.45, 2.75) is 26.3 Å². The molecule has 0 radical (unpaired) electrons. The van der Waals surface area contributed by atoms with Gasteiger partial charge in [-0.3, -0.25) is 4.79 Å². The van der Waals surface area contributed by atoms with Gasteiger partial charge in [0.2, 0.25) is 0 Å². The Morgan fingerprint density at radius 1 is 1.62 bits per heavy atom. The fourth-order valence-electron chi connectivity index (χ4n) is 1.41. The number of halogens is 1. The lowest BCUT2D eigenvalue weighted by Crippen LogP contribution is -2.37. The lowest BCUT2D eigenvalue weighted by atomic mass is 10.2. The van der Waals surface area contributed by atoms with Gasteiger partial charge in [-0.05, 0) is 47.6 Å². The van der Waals surface area contributed by atoms with Crippen molar-refractivity contribution in [3.8, 4) is 0 Å². The summed E-state index contributed by atoms with van der Waals surface area (Å²) in [6.45, 7) is 4.67. The van der Waals surface area contributed by atoms with Crippen LogP contribution in [-0.2, 0) is 0 Å². The minimum absolute atomic E-state index is 0.0327. The van der Waals surface area contributed by atoms with Crippen LogP contribution in [0.1, 0.15) is 29.9 Å². The summed E-state index contributed by atoms with van der Waals surface area (Å²) in [5.74, 6) is 0.0327. The fourth-order valence-corrected chi connectivity index (χ4v) is 2.91. The largest absolute Gasteiger partial charge is 0.396 e. The number of carbonyl (C=O) groups excluding carboxylic acids is 1. The number of nitrogens with zero attached hydrogens (tertiary/aromatic N) is 1. The summed E-state index contributed by atoms with van der Waals surface area (Å²) in [5, 5.41) is 10.7. The molecule has 0 saturated heterocycles. The van der Waals surface area contributed by atoms with Crippen LogP contribution in [0.4, 0.5) is 0 Å². The van der Waals surface area contributed by atoms with Crippen molar-refractivity contribution in [3.05, 3.63) is 20.8 Å². The van der Waals surface area contributed by atoms with Crippen molar-refractivity contribution in [2.24, 2.45) is 0 Å². The molecule has 0 aliphatic carbocycles. The smallest absolute Gasteiger partial charge is 0.265 e. The van der Waals surface area contributed by atoms with Crippen molar-refractivity contribution >= 4 is 33.2 Å². The SMILES string of the molecule is CC(C)N(CCCO)C(=O)c1sccc1Br. The van der Waals surface area contributed by atoms with Gasteiger partial charge >= 0.3 is 0 Å². The first-order chi connectivity index (χ1) is 7.57. The van der Waals surface area contributed by atoms with Gasteiger partial charge < -0.3 is 10.0 Å². The van der Waals surface area contributed by atoms with Gasteiger partial charge in [0.1, 0.15) is 4.88 Å². The fraction of sp³-hybridized carbons (Fsp3) is 0.545. The number of rotatable bonds is 5. The summed E-state index contributed by atoms with van der Waals surface area (Å²) in [5.41, 5.74) is 0. The van der Waals surface area contributed by atoms with Gasteiger partial charge in [0.15, 0.2) is 0 Å². The van der Waals surface area contributed by atoms with E-state index < -0.39 is 0 Å². The second-order valence-electron chi connectivity index (χ2n) is 3.77. The lowest BCUT2D eigenvalue weighted by Gasteiger charge is -2.26. The van der Waals surface area contributed by atoms with Crippen LogP contribution in [0, 0.1) is 0 Å². The third-order valence-electron chi connectivity index (χ3n) is 2.25. The number of thiophene rings is 1. The summed E-state index contributed by atoms with van der Waals surface area (Å²) in [6, 6.07) is 2.02. The zero-order valence-electron chi connectivity index (χ0n) is 9.44. The van der Waals surface area contributed by atoms with Crippen LogP contribution < -0.4 is 0 Å². The van der Waals surface area contributed by atoms with Crippen LogP contribution in [0.15, 0.2) is 15.9 Å². The topological polar surface area (TPSA) is 40.5 Å². The number of hydrogen-bond donors (Lipinski definition) is 1. The van der Waals surface area contributed by atoms with Crippen LogP contribution in [0.2, 0.25) is 0 Å². The van der Waals surface area contributed by atoms with E-state index in [1.807, 2.05) is 25.3 Å². The zero-order valence-corrected chi connectivity index (χ0v) is 11.8. The van der Waals surface area contributed by atoms with E-state index in [-0.39, 0.29) is 18.6 Å². The minimum Gasteiger partial charge on any atom is -0.396 e. The highest BCUT2D eigenvalue weighted by atomic mass is 79.9. The van der Waals surface area contributed by atoms with Crippen LogP contribution in [0.25, 0.3) is 0 Å². The molecule has 0 aromatic carbocycles. The van der Waals surface area contributed by atoms with Crippen LogP contribution in [0.3, 0.4) is 0 Å². The Morgan fingerprint density at radius 2 is 2.31 bits per heavy atom. The van der Waals surface area contributed by atoms with Crippen molar-refractivity contribution < 1.29 is 9.90 Å². The van der Waals surface area contributed by atoms with Gasteiger partial charge in [0.25, 0.3) is 5.91 Å². The monoisotopic (exact) mass is 305 g/mol. The number of amides is 1. The first kappa shape index (κ1) is 13.7. The van der Waals surface area contributed by atoms with E-state index in [1.54, 1.807) is 4.90 Å². The molecule has 0 unspecified atom stereocenters. The van der Waals surface area contributed by atoms with E-state index in [0.717, 1.165) is 9.35 Å². The van der Waals surface area contributed by atoms with Gasteiger partial charge in [-0.1, -0.05) is 0 Å². The molecule has 16 heavy (non-hydrogen) atoms. The molecule has 3 nitrogen and oxygen atoms in total. The molecule has 1 heterocycles. The summed E-state index contributed by atoms with van der Waals surface area (Å²) in [7, 11) is 0. The summed E-state index contributed by atoms with van der Waals surface area (Å²) < 4.78 is 0.845. The Labute approximate surface area is 108 Å². The van der Waals surface area contributed by atoms with E-state index in [1.165, 1.54) is 11.3 Å². The Kier molecular flexibility index (Phi) is 5.44. The molecule has 5 heteroatoms. The Bertz CT molecular complexity index is 352. The van der Waals surface area contributed by atoms with Gasteiger partial charge in [-0.25, -0.2) is 0 Å². The van der Waals surface area contributed by atoms with Gasteiger partial charge in [-0.2, -0.15) is 0 Å². The van der Waals surface area contributed by atoms with Crippen LogP contribution >= 0.6 is 27.3 Å². The average molecular weight is 306 g/mol. The lowest BCUT2D eigenvalue weighted by molar-refractivity contribution is 0.0697. The Balaban J connectivity index is 2.79. The summed E-state index contributed by atoms with van der Waals surface area (Å²) in [6.07, 6.45) is 0.618. The first-order valence-corrected chi connectivity index (χ1v) is 6.90. The molecule has 0 bridgehead atoms. The molecule has 0 saturated carbocycles. The van der Waals surface area contributed by atoms with Gasteiger partial charge in [0.05, 0.1) is 0 Å². The van der Waals surface area contributed by atoms with E-state index >= 15 is 0 Å². The molecule has 1 N–H and O–H groups in total. The van der Waals surface area contributed by atoms with Crippen molar-refractivity contribution in [2.75, 3.05) is 13.2 Å². The molecule has 0 aliphatic rings. The van der Waals surface area contributed by atoms with Crippen LogP contribution in [0.5, 0.6) is 0 Å². The number of aliphatic hydroxyl groups excluding tert-OH is 1. The maximum Gasteiger partial charge on any atom is 0.265 e. The normalized spacial score (nSPS) is 10.8. The molecular formula is C11H16BrNO2S. The number of hydrogen-bond acceptors (Lipinski definition) is 3. The second-order valence-corrected chi connectivity index (χ2v) is 5.54. The maximum absolute atomic E-state index is 12.2. The first-order valence-electron chi connectivity index (χ1n) is 5.22. The predicted octanol–water partition coefficient (Wildman–Crippen LogP) is 2.74. The molecule has 1 aromatic rings. The minimum atomic E-state index is 0.0327. The molecule has 0 spiro atoms. The number of aliphatic hydroxyl groups is 1. The molecule has 1 aromatic heterocycles. The third-order valence-corrected chi connectivity index (χ3v) is 4.08. The second kappa shape index (κ2) is 6.37. The zero-order chi connectivity index (χ0) is 12.1. The molecule has 1 rings (SSSR count). The summed E-state index contributed by atoms with van der Waals surface area (Å²) >= 11 is 4.80. The molecular weight excluding hydrogens is 290 g/mol. The van der Waals surface area contributed by atoms with Crippen molar-refractivity contribution in [1.29, 1.82) is 0 Å². The van der Waals surface area contributed by atoms with E-state index in [4.69, 9.17) is 5.11 Å². The third kappa shape index (κ3) is 3.30. The molecule has 1 amide bonds. The highest BCUT2D eigenvalue weighted by molar-refractivity contribution is 9.10. The van der Waals surface area contributed by atoms with Crippen molar-refractivity contribution in [1.82, 2.24) is 4.90 Å².